The number of nitrogens with zero attached hydrogens (tertiary/aromatic N) is 1. The molecule has 0 radical (unpaired) electrons. The molecule has 0 aliphatic heterocycles. The van der Waals surface area contributed by atoms with E-state index in [0.29, 0.717) is 6.54 Å². The zero-order valence-corrected chi connectivity index (χ0v) is 5.93. The van der Waals surface area contributed by atoms with E-state index >= 15 is 0 Å². The molecule has 3 heteroatoms. The highest BCUT2D eigenvalue weighted by molar-refractivity contribution is 4.59. The number of nitrogens with one attached hydrogen (secondary N) is 1. The zero-order valence-electron chi connectivity index (χ0n) is 5.93. The predicted octanol–water partition coefficient (Wildman–Crippen LogP) is 1.53. The summed E-state index contributed by atoms with van der Waals surface area (Å²) in [7, 11) is 0. The van der Waals surface area contributed by atoms with Gasteiger partial charge in [-0.2, -0.15) is 5.11 Å². The molecule has 0 aromatic carbocycles. The Morgan fingerprint density at radius 1 is 1.67 bits per heavy atom. The fraction of sp³-hybridized carbons (Fsp3) is 1.00. The van der Waals surface area contributed by atoms with Crippen LogP contribution in [0.3, 0.4) is 0 Å². The fourth-order valence-electron chi connectivity index (χ4n) is 0.713. The minimum Gasteiger partial charge on any atom is -0.330 e. The summed E-state index contributed by atoms with van der Waals surface area (Å²) in [6.07, 6.45) is 2.92. The Hall–Kier alpha value is -0.440. The summed E-state index contributed by atoms with van der Waals surface area (Å²) in [6, 6.07) is 0.216. The highest BCUT2D eigenvalue weighted by Crippen LogP contribution is 2.03. The maximum Gasteiger partial charge on any atom is 0.0703 e. The average Bonchev–Trinajstić information content (AvgIpc) is 1.91. The molecule has 1 atom stereocenters. The average molecular weight is 129 g/mol. The van der Waals surface area contributed by atoms with Crippen LogP contribution in [0, 0.1) is 5.53 Å². The van der Waals surface area contributed by atoms with E-state index in [1.165, 1.54) is 0 Å². The Kier molecular flexibility index (Phi) is 5.41. The summed E-state index contributed by atoms with van der Waals surface area (Å²) < 4.78 is 0. The van der Waals surface area contributed by atoms with Gasteiger partial charge < -0.3 is 5.73 Å². The highest BCUT2D eigenvalue weighted by atomic mass is 15.0. The zero-order chi connectivity index (χ0) is 7.11. The van der Waals surface area contributed by atoms with Gasteiger partial charge >= 0.3 is 0 Å². The first-order valence-electron chi connectivity index (χ1n) is 3.41. The highest BCUT2D eigenvalue weighted by Gasteiger charge is 2.00. The summed E-state index contributed by atoms with van der Waals surface area (Å²) in [6.45, 7) is 2.76. The van der Waals surface area contributed by atoms with Gasteiger partial charge in [-0.1, -0.05) is 6.92 Å². The van der Waals surface area contributed by atoms with Crippen molar-refractivity contribution in [3.8, 4) is 0 Å². The molecule has 3 nitrogen and oxygen atoms in total. The predicted molar refractivity (Wildman–Crippen MR) is 37.5 cm³/mol. The fourth-order valence-corrected chi connectivity index (χ4v) is 0.713. The van der Waals surface area contributed by atoms with Gasteiger partial charge in [-0.05, 0) is 25.8 Å². The van der Waals surface area contributed by atoms with Gasteiger partial charge in [0.15, 0.2) is 0 Å². The Labute approximate surface area is 56.1 Å². The van der Waals surface area contributed by atoms with Gasteiger partial charge in [-0.3, -0.25) is 0 Å². The van der Waals surface area contributed by atoms with Crippen LogP contribution in [0.25, 0.3) is 0 Å². The van der Waals surface area contributed by atoms with Gasteiger partial charge in [0.2, 0.25) is 0 Å². The lowest BCUT2D eigenvalue weighted by Gasteiger charge is -2.04. The van der Waals surface area contributed by atoms with Gasteiger partial charge in [-0.25, -0.2) is 5.53 Å². The van der Waals surface area contributed by atoms with Crippen molar-refractivity contribution in [1.82, 2.24) is 0 Å². The summed E-state index contributed by atoms with van der Waals surface area (Å²) in [4.78, 5) is 0. The van der Waals surface area contributed by atoms with Crippen LogP contribution in [0.4, 0.5) is 0 Å². The molecule has 0 saturated carbocycles. The van der Waals surface area contributed by atoms with Crippen LogP contribution in [0.15, 0.2) is 5.11 Å². The van der Waals surface area contributed by atoms with E-state index in [9.17, 15) is 0 Å². The normalized spacial score (nSPS) is 13.1. The lowest BCUT2D eigenvalue weighted by atomic mass is 10.1. The molecule has 0 rings (SSSR count). The van der Waals surface area contributed by atoms with Crippen molar-refractivity contribution in [2.45, 2.75) is 32.2 Å². The molecule has 0 aromatic heterocycles. The van der Waals surface area contributed by atoms with Crippen LogP contribution in [0.1, 0.15) is 26.2 Å². The molecule has 54 valence electrons. The van der Waals surface area contributed by atoms with E-state index < -0.39 is 0 Å². The first-order valence-corrected chi connectivity index (χ1v) is 3.41. The largest absolute Gasteiger partial charge is 0.330 e. The second kappa shape index (κ2) is 5.69. The second-order valence-electron chi connectivity index (χ2n) is 2.12. The van der Waals surface area contributed by atoms with E-state index in [-0.39, 0.29) is 6.04 Å². The molecule has 0 saturated heterocycles. The molecular formula is C6H15N3. The van der Waals surface area contributed by atoms with Gasteiger partial charge in [0.25, 0.3) is 0 Å². The molecule has 0 fully saturated rings. The van der Waals surface area contributed by atoms with Gasteiger partial charge in [0.05, 0.1) is 6.04 Å². The molecule has 0 aliphatic carbocycles. The van der Waals surface area contributed by atoms with Crippen LogP contribution in [-0.2, 0) is 0 Å². The second-order valence-corrected chi connectivity index (χ2v) is 2.12. The van der Waals surface area contributed by atoms with Gasteiger partial charge in [0, 0.05) is 0 Å². The van der Waals surface area contributed by atoms with Crippen molar-refractivity contribution in [3.05, 3.63) is 0 Å². The van der Waals surface area contributed by atoms with Crippen LogP contribution in [0.2, 0.25) is 0 Å². The standard InChI is InChI=1S/C6H15N3/c1-2-6(9-8)4-3-5-7/h6,8H,2-5,7H2,1H3/t6-/m0/s1. The van der Waals surface area contributed by atoms with Crippen molar-refractivity contribution in [2.24, 2.45) is 10.8 Å². The lowest BCUT2D eigenvalue weighted by Crippen LogP contribution is -2.06. The number of hydrogen-bond acceptors (Lipinski definition) is 3. The topological polar surface area (TPSA) is 62.2 Å². The van der Waals surface area contributed by atoms with Crippen LogP contribution in [-0.4, -0.2) is 12.6 Å². The molecule has 9 heavy (non-hydrogen) atoms. The first kappa shape index (κ1) is 8.56. The molecule has 0 aromatic rings. The van der Waals surface area contributed by atoms with E-state index in [0.717, 1.165) is 19.3 Å². The Bertz CT molecular complexity index is 72.7. The monoisotopic (exact) mass is 129 g/mol. The Balaban J connectivity index is 3.20. The van der Waals surface area contributed by atoms with E-state index in [1.807, 2.05) is 6.92 Å². The summed E-state index contributed by atoms with van der Waals surface area (Å²) in [5, 5.41) is 3.44. The number of nitrogens with two attached hydrogens (primary N) is 1. The van der Waals surface area contributed by atoms with Crippen molar-refractivity contribution < 1.29 is 0 Å². The van der Waals surface area contributed by atoms with E-state index in [2.05, 4.69) is 5.11 Å². The van der Waals surface area contributed by atoms with Crippen molar-refractivity contribution in [2.75, 3.05) is 6.54 Å². The number of hydrogen-bond donors (Lipinski definition) is 2. The molecule has 0 bridgehead atoms. The molecular weight excluding hydrogens is 114 g/mol. The summed E-state index contributed by atoms with van der Waals surface area (Å²) in [5.41, 5.74) is 12.0. The third-order valence-electron chi connectivity index (χ3n) is 1.40. The molecule has 3 N–H and O–H groups in total. The van der Waals surface area contributed by atoms with Crippen LogP contribution >= 0.6 is 0 Å². The van der Waals surface area contributed by atoms with Gasteiger partial charge in [-0.15, -0.1) is 0 Å². The first-order chi connectivity index (χ1) is 4.35. The summed E-state index contributed by atoms with van der Waals surface area (Å²) in [5.74, 6) is 0. The third kappa shape index (κ3) is 4.09. The molecule has 0 aliphatic rings. The minimum absolute atomic E-state index is 0.216. The van der Waals surface area contributed by atoms with Crippen molar-refractivity contribution in [1.29, 1.82) is 5.53 Å². The quantitative estimate of drug-likeness (QED) is 0.543. The summed E-state index contributed by atoms with van der Waals surface area (Å²) >= 11 is 0. The maximum atomic E-state index is 6.72. The minimum atomic E-state index is 0.216. The lowest BCUT2D eigenvalue weighted by molar-refractivity contribution is 0.543. The molecule has 0 amide bonds. The Morgan fingerprint density at radius 3 is 2.67 bits per heavy atom. The SMILES string of the molecule is CC[C@@H](CCCN)N=N. The smallest absolute Gasteiger partial charge is 0.0703 e. The van der Waals surface area contributed by atoms with Crippen molar-refractivity contribution >= 4 is 0 Å². The molecule has 0 spiro atoms. The van der Waals surface area contributed by atoms with Gasteiger partial charge in [0.1, 0.15) is 0 Å². The Morgan fingerprint density at radius 2 is 2.33 bits per heavy atom. The van der Waals surface area contributed by atoms with E-state index in [4.69, 9.17) is 11.3 Å². The molecule has 0 heterocycles. The maximum absolute atomic E-state index is 6.72. The van der Waals surface area contributed by atoms with Crippen molar-refractivity contribution in [3.63, 3.8) is 0 Å². The van der Waals surface area contributed by atoms with Crippen LogP contribution < -0.4 is 5.73 Å². The molecule has 0 unspecified atom stereocenters. The van der Waals surface area contributed by atoms with Crippen LogP contribution in [0.5, 0.6) is 0 Å². The third-order valence-corrected chi connectivity index (χ3v) is 1.40. The number of rotatable bonds is 5. The van der Waals surface area contributed by atoms with E-state index in [1.54, 1.807) is 0 Å².